The molecule has 0 bridgehead atoms. The first kappa shape index (κ1) is 16.0. The predicted molar refractivity (Wildman–Crippen MR) is 79.4 cm³/mol. The van der Waals surface area contributed by atoms with E-state index in [9.17, 15) is 9.90 Å². The van der Waals surface area contributed by atoms with E-state index in [2.05, 4.69) is 20.8 Å². The first-order chi connectivity index (χ1) is 9.25. The molecule has 1 N–H and O–H groups in total. The summed E-state index contributed by atoms with van der Waals surface area (Å²) in [6, 6.07) is 0. The quantitative estimate of drug-likeness (QED) is 0.861. The van der Waals surface area contributed by atoms with E-state index in [4.69, 9.17) is 4.74 Å². The van der Waals surface area contributed by atoms with Crippen molar-refractivity contribution in [2.45, 2.75) is 78.1 Å². The van der Waals surface area contributed by atoms with Gasteiger partial charge in [-0.3, -0.25) is 4.79 Å². The second-order valence-electron chi connectivity index (χ2n) is 7.58. The molecule has 20 heavy (non-hydrogen) atoms. The Morgan fingerprint density at radius 1 is 1.35 bits per heavy atom. The minimum Gasteiger partial charge on any atom is -0.393 e. The highest BCUT2D eigenvalue weighted by molar-refractivity contribution is 5.89. The Labute approximate surface area is 123 Å². The van der Waals surface area contributed by atoms with Crippen molar-refractivity contribution in [2.75, 3.05) is 0 Å². The van der Waals surface area contributed by atoms with Crippen LogP contribution in [0, 0.1) is 23.7 Å². The highest BCUT2D eigenvalue weighted by Gasteiger charge is 2.55. The Balaban J connectivity index is 2.16. The van der Waals surface area contributed by atoms with Gasteiger partial charge in [-0.05, 0) is 50.9 Å². The summed E-state index contributed by atoms with van der Waals surface area (Å²) in [5.41, 5.74) is -0.675. The van der Waals surface area contributed by atoms with Crippen LogP contribution >= 0.6 is 0 Å². The molecule has 0 spiro atoms. The summed E-state index contributed by atoms with van der Waals surface area (Å²) in [4.78, 5) is 12.5. The Kier molecular flexibility index (Phi) is 4.60. The Morgan fingerprint density at radius 2 is 2.00 bits per heavy atom. The molecule has 116 valence electrons. The maximum absolute atomic E-state index is 12.5. The Morgan fingerprint density at radius 3 is 2.55 bits per heavy atom. The van der Waals surface area contributed by atoms with Crippen LogP contribution in [0.25, 0.3) is 0 Å². The van der Waals surface area contributed by atoms with E-state index in [0.717, 1.165) is 19.3 Å². The van der Waals surface area contributed by atoms with Gasteiger partial charge in [0, 0.05) is 12.3 Å². The molecule has 2 fully saturated rings. The number of carbonyl (C=O) groups is 1. The smallest absolute Gasteiger partial charge is 0.167 e. The molecular formula is C17H30O3. The van der Waals surface area contributed by atoms with Gasteiger partial charge in [-0.15, -0.1) is 0 Å². The van der Waals surface area contributed by atoms with Gasteiger partial charge in [0.25, 0.3) is 0 Å². The maximum Gasteiger partial charge on any atom is 0.167 e. The SMILES string of the molecule is CC(C)CC1CC(=O)C(C)(C2CCC(C)C2C(C)O)O1. The van der Waals surface area contributed by atoms with Crippen LogP contribution in [0.15, 0.2) is 0 Å². The summed E-state index contributed by atoms with van der Waals surface area (Å²) in [5, 5.41) is 10.1. The fraction of sp³-hybridized carbons (Fsp3) is 0.941. The lowest BCUT2D eigenvalue weighted by Gasteiger charge is -2.36. The maximum atomic E-state index is 12.5. The van der Waals surface area contributed by atoms with Gasteiger partial charge in [-0.1, -0.05) is 20.8 Å². The van der Waals surface area contributed by atoms with Gasteiger partial charge in [-0.25, -0.2) is 0 Å². The van der Waals surface area contributed by atoms with Gasteiger partial charge in [0.05, 0.1) is 12.2 Å². The van der Waals surface area contributed by atoms with Gasteiger partial charge in [0.15, 0.2) is 5.78 Å². The van der Waals surface area contributed by atoms with Gasteiger partial charge in [0.1, 0.15) is 5.60 Å². The number of rotatable bonds is 4. The zero-order chi connectivity index (χ0) is 15.1. The normalized spacial score (nSPS) is 43.5. The topological polar surface area (TPSA) is 46.5 Å². The van der Waals surface area contributed by atoms with E-state index in [1.807, 2.05) is 13.8 Å². The number of Topliss-reactive ketones (excluding diaryl/α,β-unsaturated/α-hetero) is 1. The minimum absolute atomic E-state index is 0.0676. The Bertz CT molecular complexity index is 363. The summed E-state index contributed by atoms with van der Waals surface area (Å²) in [7, 11) is 0. The lowest BCUT2D eigenvalue weighted by Crippen LogP contribution is -2.46. The molecule has 1 saturated heterocycles. The monoisotopic (exact) mass is 282 g/mol. The molecule has 1 aliphatic heterocycles. The van der Waals surface area contributed by atoms with Crippen molar-refractivity contribution in [3.05, 3.63) is 0 Å². The third-order valence-electron chi connectivity index (χ3n) is 5.43. The highest BCUT2D eigenvalue weighted by Crippen LogP contribution is 2.49. The fourth-order valence-corrected chi connectivity index (χ4v) is 4.49. The van der Waals surface area contributed by atoms with Crippen LogP contribution in [0.2, 0.25) is 0 Å². The minimum atomic E-state index is -0.675. The molecule has 1 saturated carbocycles. The predicted octanol–water partition coefficient (Wildman–Crippen LogP) is 3.19. The first-order valence-corrected chi connectivity index (χ1v) is 8.15. The van der Waals surface area contributed by atoms with E-state index >= 15 is 0 Å². The van der Waals surface area contributed by atoms with Crippen molar-refractivity contribution in [3.63, 3.8) is 0 Å². The van der Waals surface area contributed by atoms with Crippen LogP contribution in [0.3, 0.4) is 0 Å². The van der Waals surface area contributed by atoms with E-state index in [-0.39, 0.29) is 29.8 Å². The van der Waals surface area contributed by atoms with Crippen molar-refractivity contribution in [1.82, 2.24) is 0 Å². The van der Waals surface area contributed by atoms with E-state index in [1.54, 1.807) is 0 Å². The average molecular weight is 282 g/mol. The number of hydrogen-bond donors (Lipinski definition) is 1. The van der Waals surface area contributed by atoms with Crippen LogP contribution < -0.4 is 0 Å². The summed E-state index contributed by atoms with van der Waals surface area (Å²) < 4.78 is 6.22. The second kappa shape index (κ2) is 5.76. The first-order valence-electron chi connectivity index (χ1n) is 8.15. The molecule has 3 heteroatoms. The fourth-order valence-electron chi connectivity index (χ4n) is 4.49. The third-order valence-corrected chi connectivity index (χ3v) is 5.43. The largest absolute Gasteiger partial charge is 0.393 e. The van der Waals surface area contributed by atoms with Crippen molar-refractivity contribution in [2.24, 2.45) is 23.7 Å². The molecule has 6 unspecified atom stereocenters. The van der Waals surface area contributed by atoms with Gasteiger partial charge in [0.2, 0.25) is 0 Å². The molecule has 6 atom stereocenters. The lowest BCUT2D eigenvalue weighted by atomic mass is 9.75. The number of ketones is 1. The van der Waals surface area contributed by atoms with Crippen molar-refractivity contribution >= 4 is 5.78 Å². The molecule has 0 radical (unpaired) electrons. The summed E-state index contributed by atoms with van der Waals surface area (Å²) >= 11 is 0. The number of ether oxygens (including phenoxy) is 1. The number of hydrogen-bond acceptors (Lipinski definition) is 3. The van der Waals surface area contributed by atoms with Crippen LogP contribution in [-0.4, -0.2) is 28.7 Å². The molecule has 0 aromatic carbocycles. The molecule has 2 aliphatic rings. The molecule has 0 amide bonds. The van der Waals surface area contributed by atoms with Crippen LogP contribution in [-0.2, 0) is 9.53 Å². The second-order valence-corrected chi connectivity index (χ2v) is 7.58. The van der Waals surface area contributed by atoms with Gasteiger partial charge in [-0.2, -0.15) is 0 Å². The molecule has 3 nitrogen and oxygen atoms in total. The third kappa shape index (κ3) is 2.80. The van der Waals surface area contributed by atoms with Crippen LogP contribution in [0.1, 0.15) is 60.3 Å². The zero-order valence-corrected chi connectivity index (χ0v) is 13.6. The van der Waals surface area contributed by atoms with Crippen LogP contribution in [0.4, 0.5) is 0 Å². The zero-order valence-electron chi connectivity index (χ0n) is 13.6. The number of aliphatic hydroxyl groups excluding tert-OH is 1. The number of aliphatic hydroxyl groups is 1. The molecular weight excluding hydrogens is 252 g/mol. The summed E-state index contributed by atoms with van der Waals surface area (Å²) in [5.74, 6) is 1.61. The van der Waals surface area contributed by atoms with Crippen molar-refractivity contribution in [1.29, 1.82) is 0 Å². The van der Waals surface area contributed by atoms with Gasteiger partial charge >= 0.3 is 0 Å². The number of carbonyl (C=O) groups excluding carboxylic acids is 1. The van der Waals surface area contributed by atoms with Gasteiger partial charge < -0.3 is 9.84 Å². The Hall–Kier alpha value is -0.410. The highest BCUT2D eigenvalue weighted by atomic mass is 16.5. The molecule has 2 rings (SSSR count). The molecule has 0 aromatic rings. The van der Waals surface area contributed by atoms with E-state index < -0.39 is 5.60 Å². The molecule has 0 aromatic heterocycles. The average Bonchev–Trinajstić information content (AvgIpc) is 2.81. The summed E-state index contributed by atoms with van der Waals surface area (Å²) in [6.45, 7) is 10.3. The van der Waals surface area contributed by atoms with Crippen molar-refractivity contribution < 1.29 is 14.6 Å². The standard InChI is InChI=1S/C17H30O3/c1-10(2)8-13-9-15(19)17(5,20-13)14-7-6-11(3)16(14)12(4)18/h10-14,16,18H,6-9H2,1-5H3. The van der Waals surface area contributed by atoms with Crippen molar-refractivity contribution in [3.8, 4) is 0 Å². The summed E-state index contributed by atoms with van der Waals surface area (Å²) in [6.07, 6.45) is 3.27. The van der Waals surface area contributed by atoms with Crippen LogP contribution in [0.5, 0.6) is 0 Å². The molecule has 1 heterocycles. The van der Waals surface area contributed by atoms with E-state index in [0.29, 0.717) is 18.3 Å². The van der Waals surface area contributed by atoms with E-state index in [1.165, 1.54) is 0 Å². The lowest BCUT2D eigenvalue weighted by molar-refractivity contribution is -0.144. The molecule has 1 aliphatic carbocycles.